The van der Waals surface area contributed by atoms with Crippen LogP contribution in [0.1, 0.15) is 12.0 Å². The predicted octanol–water partition coefficient (Wildman–Crippen LogP) is 1.19. The van der Waals surface area contributed by atoms with Crippen LogP contribution in [0, 0.1) is 5.92 Å². The highest BCUT2D eigenvalue weighted by Crippen LogP contribution is 2.25. The van der Waals surface area contributed by atoms with Crippen LogP contribution >= 0.6 is 0 Å². The summed E-state index contributed by atoms with van der Waals surface area (Å²) in [6, 6.07) is 7.72. The van der Waals surface area contributed by atoms with Gasteiger partial charge in [0.05, 0.1) is 19.0 Å². The Kier molecular flexibility index (Phi) is 5.01. The van der Waals surface area contributed by atoms with E-state index in [1.807, 2.05) is 24.3 Å². The molecule has 0 spiro atoms. The fourth-order valence-corrected chi connectivity index (χ4v) is 3.98. The van der Waals surface area contributed by atoms with Gasteiger partial charge in [-0.3, -0.25) is 0 Å². The standard InChI is InChI=1S/C14H21NO4S/c1-15-20(16,17)14-7-8-19-10-12(14)9-11-3-5-13(18-2)6-4-11/h3-6,12,14-15H,7-10H2,1-2H3/t12-,14+/m1/s1. The van der Waals surface area contributed by atoms with Crippen LogP contribution in [0.2, 0.25) is 0 Å². The zero-order valence-corrected chi connectivity index (χ0v) is 12.7. The van der Waals surface area contributed by atoms with Gasteiger partial charge in [-0.25, -0.2) is 13.1 Å². The molecule has 1 fully saturated rings. The Morgan fingerprint density at radius 3 is 2.65 bits per heavy atom. The Balaban J connectivity index is 2.12. The second-order valence-corrected chi connectivity index (χ2v) is 7.07. The lowest BCUT2D eigenvalue weighted by molar-refractivity contribution is 0.0570. The summed E-state index contributed by atoms with van der Waals surface area (Å²) < 4.78 is 37.2. The Bertz CT molecular complexity index is 527. The first-order valence-electron chi connectivity index (χ1n) is 6.70. The number of hydrogen-bond donors (Lipinski definition) is 1. The average molecular weight is 299 g/mol. The lowest BCUT2D eigenvalue weighted by atomic mass is 9.93. The van der Waals surface area contributed by atoms with E-state index in [0.717, 1.165) is 11.3 Å². The van der Waals surface area contributed by atoms with E-state index in [1.54, 1.807) is 7.11 Å². The third kappa shape index (κ3) is 3.50. The monoisotopic (exact) mass is 299 g/mol. The lowest BCUT2D eigenvalue weighted by Crippen LogP contribution is -2.43. The van der Waals surface area contributed by atoms with Gasteiger partial charge in [-0.15, -0.1) is 0 Å². The van der Waals surface area contributed by atoms with Crippen molar-refractivity contribution in [2.45, 2.75) is 18.1 Å². The Morgan fingerprint density at radius 2 is 2.05 bits per heavy atom. The van der Waals surface area contributed by atoms with Crippen LogP contribution in [0.3, 0.4) is 0 Å². The van der Waals surface area contributed by atoms with Gasteiger partial charge in [0.2, 0.25) is 10.0 Å². The molecule has 1 aromatic carbocycles. The first-order chi connectivity index (χ1) is 9.56. The molecule has 0 saturated carbocycles. The van der Waals surface area contributed by atoms with Gasteiger partial charge in [-0.1, -0.05) is 12.1 Å². The van der Waals surface area contributed by atoms with Crippen molar-refractivity contribution in [3.63, 3.8) is 0 Å². The molecule has 0 aromatic heterocycles. The molecule has 0 radical (unpaired) electrons. The Hall–Kier alpha value is -1.11. The molecule has 0 amide bonds. The summed E-state index contributed by atoms with van der Waals surface area (Å²) in [6.45, 7) is 0.988. The predicted molar refractivity (Wildman–Crippen MR) is 77.4 cm³/mol. The number of ether oxygens (including phenoxy) is 2. The molecule has 2 atom stereocenters. The first kappa shape index (κ1) is 15.3. The summed E-state index contributed by atoms with van der Waals surface area (Å²) in [7, 11) is -0.166. The molecule has 1 aliphatic heterocycles. The van der Waals surface area contributed by atoms with Crippen LogP contribution in [-0.4, -0.2) is 41.0 Å². The molecule has 0 aliphatic carbocycles. The van der Waals surface area contributed by atoms with Crippen molar-refractivity contribution < 1.29 is 17.9 Å². The van der Waals surface area contributed by atoms with E-state index in [0.29, 0.717) is 26.1 Å². The largest absolute Gasteiger partial charge is 0.497 e. The molecule has 1 aliphatic rings. The molecule has 6 heteroatoms. The summed E-state index contributed by atoms with van der Waals surface area (Å²) >= 11 is 0. The van der Waals surface area contributed by atoms with Gasteiger partial charge in [-0.2, -0.15) is 0 Å². The van der Waals surface area contributed by atoms with Gasteiger partial charge in [-0.05, 0) is 37.6 Å². The molecule has 112 valence electrons. The van der Waals surface area contributed by atoms with Gasteiger partial charge in [0.25, 0.3) is 0 Å². The highest BCUT2D eigenvalue weighted by molar-refractivity contribution is 7.90. The van der Waals surface area contributed by atoms with E-state index in [4.69, 9.17) is 9.47 Å². The molecule has 5 nitrogen and oxygen atoms in total. The van der Waals surface area contributed by atoms with E-state index >= 15 is 0 Å². The fraction of sp³-hybridized carbons (Fsp3) is 0.571. The minimum Gasteiger partial charge on any atom is -0.497 e. The molecule has 0 unspecified atom stereocenters. The van der Waals surface area contributed by atoms with Crippen molar-refractivity contribution in [1.82, 2.24) is 4.72 Å². The van der Waals surface area contributed by atoms with Crippen LogP contribution in [-0.2, 0) is 21.2 Å². The lowest BCUT2D eigenvalue weighted by Gasteiger charge is -2.31. The topological polar surface area (TPSA) is 64.6 Å². The molecule has 1 saturated heterocycles. The average Bonchev–Trinajstić information content (AvgIpc) is 2.48. The molecular weight excluding hydrogens is 278 g/mol. The van der Waals surface area contributed by atoms with Gasteiger partial charge in [0, 0.05) is 12.5 Å². The summed E-state index contributed by atoms with van der Waals surface area (Å²) in [5.74, 6) is 0.780. The Morgan fingerprint density at radius 1 is 1.35 bits per heavy atom. The second-order valence-electron chi connectivity index (χ2n) is 4.96. The number of methoxy groups -OCH3 is 1. The van der Waals surface area contributed by atoms with E-state index < -0.39 is 10.0 Å². The van der Waals surface area contributed by atoms with Crippen molar-refractivity contribution in [1.29, 1.82) is 0 Å². The van der Waals surface area contributed by atoms with Crippen LogP contribution < -0.4 is 9.46 Å². The normalized spacial score (nSPS) is 23.5. The van der Waals surface area contributed by atoms with Crippen molar-refractivity contribution >= 4 is 10.0 Å². The maximum absolute atomic E-state index is 12.1. The number of hydrogen-bond acceptors (Lipinski definition) is 4. The van der Waals surface area contributed by atoms with Crippen molar-refractivity contribution in [3.8, 4) is 5.75 Å². The zero-order chi connectivity index (χ0) is 14.6. The zero-order valence-electron chi connectivity index (χ0n) is 11.8. The number of rotatable bonds is 5. The smallest absolute Gasteiger partial charge is 0.214 e. The summed E-state index contributed by atoms with van der Waals surface area (Å²) in [5, 5.41) is -0.386. The number of sulfonamides is 1. The quantitative estimate of drug-likeness (QED) is 0.887. The van der Waals surface area contributed by atoms with Crippen molar-refractivity contribution in [3.05, 3.63) is 29.8 Å². The summed E-state index contributed by atoms with van der Waals surface area (Å²) in [4.78, 5) is 0. The maximum Gasteiger partial charge on any atom is 0.214 e. The van der Waals surface area contributed by atoms with Crippen LogP contribution in [0.15, 0.2) is 24.3 Å². The molecule has 2 rings (SSSR count). The minimum absolute atomic E-state index is 0.0189. The van der Waals surface area contributed by atoms with Crippen LogP contribution in [0.4, 0.5) is 0 Å². The van der Waals surface area contributed by atoms with Crippen LogP contribution in [0.5, 0.6) is 5.75 Å². The summed E-state index contributed by atoms with van der Waals surface area (Å²) in [5.41, 5.74) is 1.10. The number of nitrogens with one attached hydrogen (secondary N) is 1. The van der Waals surface area contributed by atoms with Gasteiger partial charge in [0.15, 0.2) is 0 Å². The van der Waals surface area contributed by atoms with Crippen LogP contribution in [0.25, 0.3) is 0 Å². The highest BCUT2D eigenvalue weighted by atomic mass is 32.2. The first-order valence-corrected chi connectivity index (χ1v) is 8.24. The van der Waals surface area contributed by atoms with E-state index in [2.05, 4.69) is 4.72 Å². The van der Waals surface area contributed by atoms with E-state index in [9.17, 15) is 8.42 Å². The second kappa shape index (κ2) is 6.56. The molecule has 1 heterocycles. The SMILES string of the molecule is CNS(=O)(=O)[C@H]1CCOC[C@H]1Cc1ccc(OC)cc1. The third-order valence-electron chi connectivity index (χ3n) is 3.74. The minimum atomic E-state index is -3.26. The van der Waals surface area contributed by atoms with Crippen molar-refractivity contribution in [2.75, 3.05) is 27.4 Å². The molecule has 0 bridgehead atoms. The van der Waals surface area contributed by atoms with Gasteiger partial charge >= 0.3 is 0 Å². The highest BCUT2D eigenvalue weighted by Gasteiger charge is 2.35. The number of benzene rings is 1. The van der Waals surface area contributed by atoms with Gasteiger partial charge < -0.3 is 9.47 Å². The van der Waals surface area contributed by atoms with E-state index in [1.165, 1.54) is 7.05 Å². The van der Waals surface area contributed by atoms with E-state index in [-0.39, 0.29) is 11.2 Å². The van der Waals surface area contributed by atoms with Crippen molar-refractivity contribution in [2.24, 2.45) is 5.92 Å². The molecule has 1 aromatic rings. The fourth-order valence-electron chi connectivity index (χ4n) is 2.59. The maximum atomic E-state index is 12.1. The Labute approximate surface area is 120 Å². The molecular formula is C14H21NO4S. The summed E-state index contributed by atoms with van der Waals surface area (Å²) in [6.07, 6.45) is 1.24. The molecule has 1 N–H and O–H groups in total. The van der Waals surface area contributed by atoms with Gasteiger partial charge in [0.1, 0.15) is 5.75 Å². The molecule has 20 heavy (non-hydrogen) atoms. The third-order valence-corrected chi connectivity index (χ3v) is 5.73.